The van der Waals surface area contributed by atoms with Gasteiger partial charge in [0.15, 0.2) is 0 Å². The van der Waals surface area contributed by atoms with Crippen molar-refractivity contribution < 1.29 is 4.74 Å². The van der Waals surface area contributed by atoms with Crippen LogP contribution >= 0.6 is 0 Å². The largest absolute Gasteiger partial charge is 0.491 e. The second-order valence-corrected chi connectivity index (χ2v) is 4.68. The first-order chi connectivity index (χ1) is 9.35. The highest BCUT2D eigenvalue weighted by Crippen LogP contribution is 2.30. The summed E-state index contributed by atoms with van der Waals surface area (Å²) in [5.41, 5.74) is 1.15. The molecule has 2 rings (SSSR count). The Kier molecular flexibility index (Phi) is 5.05. The molecule has 1 aromatic rings. The third-order valence-corrected chi connectivity index (χ3v) is 3.33. The molecule has 0 aromatic heterocycles. The molecule has 1 unspecified atom stereocenters. The number of anilines is 1. The molecule has 1 aliphatic rings. The Morgan fingerprint density at radius 3 is 3.11 bits per heavy atom. The molecule has 4 nitrogen and oxygen atoms in total. The van der Waals surface area contributed by atoms with Crippen molar-refractivity contribution in [3.05, 3.63) is 24.3 Å². The van der Waals surface area contributed by atoms with Gasteiger partial charge in [0, 0.05) is 13.1 Å². The molecule has 0 saturated carbocycles. The Bertz CT molecular complexity index is 441. The molecule has 0 amide bonds. The molecule has 19 heavy (non-hydrogen) atoms. The normalized spacial score (nSPS) is 15.9. The fraction of sp³-hybridized carbons (Fsp3) is 0.533. The van der Waals surface area contributed by atoms with Gasteiger partial charge in [-0.15, -0.1) is 0 Å². The molecule has 4 heteroatoms. The number of nitrogens with zero attached hydrogens (tertiary/aromatic N) is 2. The number of ether oxygens (including phenoxy) is 1. The van der Waals surface area contributed by atoms with E-state index in [2.05, 4.69) is 22.4 Å². The lowest BCUT2D eigenvalue weighted by Crippen LogP contribution is -2.33. The summed E-state index contributed by atoms with van der Waals surface area (Å²) in [6.45, 7) is 5.49. The summed E-state index contributed by atoms with van der Waals surface area (Å²) >= 11 is 0. The lowest BCUT2D eigenvalue weighted by molar-refractivity contribution is 0.322. The number of benzene rings is 1. The number of fused-ring (bicyclic) bond motifs is 1. The molecule has 0 aliphatic carbocycles. The van der Waals surface area contributed by atoms with E-state index in [1.165, 1.54) is 0 Å². The van der Waals surface area contributed by atoms with Crippen LogP contribution in [0.1, 0.15) is 19.8 Å². The fourth-order valence-corrected chi connectivity index (χ4v) is 2.37. The van der Waals surface area contributed by atoms with Crippen LogP contribution in [0.5, 0.6) is 5.75 Å². The number of hydrogen-bond donors (Lipinski definition) is 1. The Morgan fingerprint density at radius 2 is 2.32 bits per heavy atom. The van der Waals surface area contributed by atoms with Gasteiger partial charge in [-0.25, -0.2) is 0 Å². The monoisotopic (exact) mass is 259 g/mol. The van der Waals surface area contributed by atoms with Crippen molar-refractivity contribution in [3.63, 3.8) is 0 Å². The Hall–Kier alpha value is -1.73. The minimum atomic E-state index is -0.0682. The van der Waals surface area contributed by atoms with E-state index >= 15 is 0 Å². The zero-order chi connectivity index (χ0) is 13.5. The zero-order valence-electron chi connectivity index (χ0n) is 11.4. The van der Waals surface area contributed by atoms with E-state index < -0.39 is 0 Å². The van der Waals surface area contributed by atoms with E-state index in [0.717, 1.165) is 50.5 Å². The zero-order valence-corrected chi connectivity index (χ0v) is 11.4. The van der Waals surface area contributed by atoms with E-state index in [9.17, 15) is 0 Å². The van der Waals surface area contributed by atoms with Crippen molar-refractivity contribution in [3.8, 4) is 11.8 Å². The van der Waals surface area contributed by atoms with Crippen molar-refractivity contribution in [2.75, 3.05) is 31.1 Å². The summed E-state index contributed by atoms with van der Waals surface area (Å²) in [4.78, 5) is 2.32. The standard InChI is InChI=1S/C15H21N3O/c1-2-17-13(12-16)8-10-18-9-5-11-19-15-7-4-3-6-14(15)18/h3-4,6-7,13,17H,2,5,8-11H2,1H3. The van der Waals surface area contributed by atoms with Gasteiger partial charge in [0.25, 0.3) is 0 Å². The molecule has 1 atom stereocenters. The second kappa shape index (κ2) is 7.01. The Morgan fingerprint density at radius 1 is 1.47 bits per heavy atom. The van der Waals surface area contributed by atoms with Crippen LogP contribution in [0, 0.1) is 11.3 Å². The Labute approximate surface area is 115 Å². The molecule has 1 aromatic carbocycles. The molecule has 0 saturated heterocycles. The first kappa shape index (κ1) is 13.7. The SMILES string of the molecule is CCNC(C#N)CCN1CCCOc2ccccc21. The smallest absolute Gasteiger partial charge is 0.142 e. The van der Waals surface area contributed by atoms with Crippen LogP contribution in [0.2, 0.25) is 0 Å². The van der Waals surface area contributed by atoms with Crippen LogP contribution in [0.3, 0.4) is 0 Å². The molecule has 0 fully saturated rings. The number of nitriles is 1. The van der Waals surface area contributed by atoms with Gasteiger partial charge >= 0.3 is 0 Å². The van der Waals surface area contributed by atoms with Crippen molar-refractivity contribution in [1.82, 2.24) is 5.32 Å². The molecule has 0 radical (unpaired) electrons. The van der Waals surface area contributed by atoms with E-state index in [1.807, 2.05) is 25.1 Å². The first-order valence-corrected chi connectivity index (χ1v) is 6.95. The molecular weight excluding hydrogens is 238 g/mol. The highest BCUT2D eigenvalue weighted by Gasteiger charge is 2.17. The van der Waals surface area contributed by atoms with E-state index in [4.69, 9.17) is 10.00 Å². The predicted molar refractivity (Wildman–Crippen MR) is 76.5 cm³/mol. The number of para-hydroxylation sites is 2. The average Bonchev–Trinajstić information content (AvgIpc) is 2.66. The van der Waals surface area contributed by atoms with Gasteiger partial charge in [0.05, 0.1) is 24.4 Å². The van der Waals surface area contributed by atoms with Crippen LogP contribution in [-0.4, -0.2) is 32.3 Å². The summed E-state index contributed by atoms with van der Waals surface area (Å²) in [5, 5.41) is 12.3. The van der Waals surface area contributed by atoms with Gasteiger partial charge in [0.1, 0.15) is 5.75 Å². The van der Waals surface area contributed by atoms with Gasteiger partial charge in [-0.2, -0.15) is 5.26 Å². The van der Waals surface area contributed by atoms with E-state index in [-0.39, 0.29) is 6.04 Å². The van der Waals surface area contributed by atoms with Crippen molar-refractivity contribution in [2.45, 2.75) is 25.8 Å². The van der Waals surface area contributed by atoms with Gasteiger partial charge in [0.2, 0.25) is 0 Å². The highest BCUT2D eigenvalue weighted by molar-refractivity contribution is 5.58. The summed E-state index contributed by atoms with van der Waals surface area (Å²) in [6, 6.07) is 10.4. The number of rotatable bonds is 5. The summed E-state index contributed by atoms with van der Waals surface area (Å²) in [7, 11) is 0. The molecule has 0 spiro atoms. The van der Waals surface area contributed by atoms with Crippen molar-refractivity contribution in [1.29, 1.82) is 5.26 Å². The van der Waals surface area contributed by atoms with Crippen LogP contribution in [-0.2, 0) is 0 Å². The van der Waals surface area contributed by atoms with E-state index in [0.29, 0.717) is 0 Å². The third-order valence-electron chi connectivity index (χ3n) is 3.33. The molecular formula is C15H21N3O. The van der Waals surface area contributed by atoms with Crippen LogP contribution < -0.4 is 15.0 Å². The maximum Gasteiger partial charge on any atom is 0.142 e. The summed E-state index contributed by atoms with van der Waals surface area (Å²) in [6.07, 6.45) is 1.85. The predicted octanol–water partition coefficient (Wildman–Crippen LogP) is 2.17. The van der Waals surface area contributed by atoms with Gasteiger partial charge in [-0.05, 0) is 31.5 Å². The Balaban J connectivity index is 2.02. The lowest BCUT2D eigenvalue weighted by Gasteiger charge is -2.24. The lowest BCUT2D eigenvalue weighted by atomic mass is 10.2. The minimum Gasteiger partial charge on any atom is -0.491 e. The second-order valence-electron chi connectivity index (χ2n) is 4.68. The molecule has 102 valence electrons. The van der Waals surface area contributed by atoms with Crippen molar-refractivity contribution >= 4 is 5.69 Å². The maximum atomic E-state index is 9.08. The van der Waals surface area contributed by atoms with Gasteiger partial charge < -0.3 is 15.0 Å². The molecule has 0 bridgehead atoms. The van der Waals surface area contributed by atoms with Gasteiger partial charge in [-0.1, -0.05) is 19.1 Å². The van der Waals surface area contributed by atoms with Crippen molar-refractivity contribution in [2.24, 2.45) is 0 Å². The molecule has 1 heterocycles. The number of nitrogens with one attached hydrogen (secondary N) is 1. The fourth-order valence-electron chi connectivity index (χ4n) is 2.37. The average molecular weight is 259 g/mol. The minimum absolute atomic E-state index is 0.0682. The quantitative estimate of drug-likeness (QED) is 0.880. The topological polar surface area (TPSA) is 48.3 Å². The van der Waals surface area contributed by atoms with E-state index in [1.54, 1.807) is 0 Å². The van der Waals surface area contributed by atoms with Crippen LogP contribution in [0.15, 0.2) is 24.3 Å². The summed E-state index contributed by atoms with van der Waals surface area (Å²) < 4.78 is 5.74. The molecule has 1 N–H and O–H groups in total. The molecule has 1 aliphatic heterocycles. The third kappa shape index (κ3) is 3.62. The van der Waals surface area contributed by atoms with Gasteiger partial charge in [-0.3, -0.25) is 0 Å². The highest BCUT2D eigenvalue weighted by atomic mass is 16.5. The summed E-state index contributed by atoms with van der Waals surface area (Å²) in [5.74, 6) is 0.956. The number of hydrogen-bond acceptors (Lipinski definition) is 4. The first-order valence-electron chi connectivity index (χ1n) is 6.95. The van der Waals surface area contributed by atoms with Crippen LogP contribution in [0.25, 0.3) is 0 Å². The maximum absolute atomic E-state index is 9.08. The van der Waals surface area contributed by atoms with Crippen LogP contribution in [0.4, 0.5) is 5.69 Å².